The van der Waals surface area contributed by atoms with Gasteiger partial charge >= 0.3 is 0 Å². The molecule has 25 heavy (non-hydrogen) atoms. The van der Waals surface area contributed by atoms with Crippen molar-refractivity contribution in [3.05, 3.63) is 93.7 Å². The van der Waals surface area contributed by atoms with Gasteiger partial charge in [0.25, 0.3) is 11.5 Å². The fraction of sp³-hybridized carbons (Fsp3) is 0.0556. The fourth-order valence-corrected chi connectivity index (χ4v) is 3.37. The molecule has 124 valence electrons. The van der Waals surface area contributed by atoms with Gasteiger partial charge in [-0.15, -0.1) is 11.3 Å². The Morgan fingerprint density at radius 3 is 2.80 bits per heavy atom. The van der Waals surface area contributed by atoms with Gasteiger partial charge in [-0.3, -0.25) is 14.0 Å². The monoisotopic (exact) mass is 351 g/mol. The first-order valence-electron chi connectivity index (χ1n) is 7.58. The Labute approximate surface area is 146 Å². The van der Waals surface area contributed by atoms with E-state index >= 15 is 0 Å². The van der Waals surface area contributed by atoms with E-state index in [0.29, 0.717) is 10.7 Å². The third-order valence-corrected chi connectivity index (χ3v) is 4.54. The molecule has 7 heteroatoms. The number of carbonyl (C=O) groups is 1. The maximum atomic E-state index is 12.9. The summed E-state index contributed by atoms with van der Waals surface area (Å²) in [5.74, 6) is 0.237. The predicted octanol–water partition coefficient (Wildman–Crippen LogP) is 2.87. The number of amides is 1. The summed E-state index contributed by atoms with van der Waals surface area (Å²) >= 11 is 1.30. The van der Waals surface area contributed by atoms with Gasteiger partial charge in [-0.2, -0.15) is 4.98 Å². The van der Waals surface area contributed by atoms with Crippen LogP contribution in [-0.2, 0) is 0 Å². The molecule has 0 aliphatic heterocycles. The highest BCUT2D eigenvalue weighted by atomic mass is 32.1. The molecular formula is C18H13N3O3S. The second-order valence-corrected chi connectivity index (χ2v) is 6.24. The SMILES string of the molecule is O=C(N[C@H](c1ccccc1)c1ccco1)c1cc(=O)nc2sccn12. The van der Waals surface area contributed by atoms with Gasteiger partial charge in [-0.1, -0.05) is 30.3 Å². The van der Waals surface area contributed by atoms with Crippen LogP contribution in [0.5, 0.6) is 0 Å². The Bertz CT molecular complexity index is 1070. The minimum atomic E-state index is -0.457. The molecule has 0 unspecified atom stereocenters. The Morgan fingerprint density at radius 2 is 2.04 bits per heavy atom. The third kappa shape index (κ3) is 2.97. The van der Waals surface area contributed by atoms with E-state index < -0.39 is 11.6 Å². The zero-order valence-corrected chi connectivity index (χ0v) is 13.8. The predicted molar refractivity (Wildman–Crippen MR) is 93.8 cm³/mol. The number of fused-ring (bicyclic) bond motifs is 1. The topological polar surface area (TPSA) is 76.6 Å². The van der Waals surface area contributed by atoms with Crippen LogP contribution in [0.4, 0.5) is 0 Å². The number of aromatic nitrogens is 2. The van der Waals surface area contributed by atoms with Gasteiger partial charge in [0, 0.05) is 17.6 Å². The smallest absolute Gasteiger partial charge is 0.274 e. The molecular weight excluding hydrogens is 338 g/mol. The fourth-order valence-electron chi connectivity index (χ4n) is 2.65. The first-order valence-corrected chi connectivity index (χ1v) is 8.46. The van der Waals surface area contributed by atoms with Crippen LogP contribution in [-0.4, -0.2) is 15.3 Å². The first-order chi connectivity index (χ1) is 12.2. The van der Waals surface area contributed by atoms with Gasteiger partial charge in [0.1, 0.15) is 17.5 Å². The van der Waals surface area contributed by atoms with Crippen molar-refractivity contribution < 1.29 is 9.21 Å². The minimum absolute atomic E-state index is 0.240. The summed E-state index contributed by atoms with van der Waals surface area (Å²) < 4.78 is 7.09. The molecule has 0 aliphatic rings. The summed E-state index contributed by atoms with van der Waals surface area (Å²) in [6.07, 6.45) is 3.28. The third-order valence-electron chi connectivity index (χ3n) is 3.78. The second kappa shape index (κ2) is 6.37. The normalized spacial score (nSPS) is 12.2. The molecule has 0 aliphatic carbocycles. The number of rotatable bonds is 4. The maximum Gasteiger partial charge on any atom is 0.274 e. The van der Waals surface area contributed by atoms with Crippen molar-refractivity contribution in [3.8, 4) is 0 Å². The molecule has 4 aromatic rings. The van der Waals surface area contributed by atoms with Crippen LogP contribution >= 0.6 is 11.3 Å². The number of benzene rings is 1. The Morgan fingerprint density at radius 1 is 1.20 bits per heavy atom. The first kappa shape index (κ1) is 15.3. The van der Waals surface area contributed by atoms with Crippen LogP contribution in [0, 0.1) is 0 Å². The highest BCUT2D eigenvalue weighted by Crippen LogP contribution is 2.23. The van der Waals surface area contributed by atoms with E-state index in [1.807, 2.05) is 30.3 Å². The zero-order valence-electron chi connectivity index (χ0n) is 13.0. The van der Waals surface area contributed by atoms with E-state index in [9.17, 15) is 9.59 Å². The molecule has 0 saturated carbocycles. The van der Waals surface area contributed by atoms with Crippen LogP contribution in [0.2, 0.25) is 0 Å². The largest absolute Gasteiger partial charge is 0.467 e. The molecule has 0 bridgehead atoms. The summed E-state index contributed by atoms with van der Waals surface area (Å²) in [4.78, 5) is 29.0. The van der Waals surface area contributed by atoms with Gasteiger partial charge in [-0.25, -0.2) is 0 Å². The molecule has 0 fully saturated rings. The van der Waals surface area contributed by atoms with Gasteiger partial charge in [0.05, 0.1) is 6.26 Å². The van der Waals surface area contributed by atoms with Crippen LogP contribution in [0.15, 0.2) is 75.6 Å². The van der Waals surface area contributed by atoms with E-state index in [-0.39, 0.29) is 11.6 Å². The highest BCUT2D eigenvalue weighted by molar-refractivity contribution is 7.15. The molecule has 0 radical (unpaired) electrons. The zero-order chi connectivity index (χ0) is 17.2. The Hall–Kier alpha value is -3.19. The van der Waals surface area contributed by atoms with E-state index in [0.717, 1.165) is 5.56 Å². The molecule has 1 aromatic carbocycles. The van der Waals surface area contributed by atoms with Gasteiger partial charge in [0.15, 0.2) is 4.96 Å². The highest BCUT2D eigenvalue weighted by Gasteiger charge is 2.22. The summed E-state index contributed by atoms with van der Waals surface area (Å²) in [6, 6.07) is 13.9. The minimum Gasteiger partial charge on any atom is -0.467 e. The molecule has 1 atom stereocenters. The average molecular weight is 351 g/mol. The van der Waals surface area contributed by atoms with Crippen molar-refractivity contribution in [2.45, 2.75) is 6.04 Å². The van der Waals surface area contributed by atoms with E-state index in [2.05, 4.69) is 10.3 Å². The molecule has 6 nitrogen and oxygen atoms in total. The quantitative estimate of drug-likeness (QED) is 0.613. The Kier molecular flexibility index (Phi) is 3.91. The standard InChI is InChI=1S/C18H13N3O3S/c22-15-11-13(21-8-10-25-18(21)19-15)17(23)20-16(14-7-4-9-24-14)12-5-2-1-3-6-12/h1-11,16H,(H,20,23)/t16-/m1/s1. The average Bonchev–Trinajstić information content (AvgIpc) is 3.31. The number of hydrogen-bond acceptors (Lipinski definition) is 5. The van der Waals surface area contributed by atoms with Crippen molar-refractivity contribution in [1.82, 2.24) is 14.7 Å². The lowest BCUT2D eigenvalue weighted by Gasteiger charge is -2.17. The number of nitrogens with one attached hydrogen (secondary N) is 1. The van der Waals surface area contributed by atoms with Crippen molar-refractivity contribution in [3.63, 3.8) is 0 Å². The second-order valence-electron chi connectivity index (χ2n) is 5.37. The van der Waals surface area contributed by atoms with E-state index in [1.165, 1.54) is 17.4 Å². The summed E-state index contributed by atoms with van der Waals surface area (Å²) in [7, 11) is 0. The number of nitrogens with zero attached hydrogens (tertiary/aromatic N) is 2. The molecule has 1 amide bonds. The van der Waals surface area contributed by atoms with Crippen LogP contribution in [0.25, 0.3) is 4.96 Å². The summed E-state index contributed by atoms with van der Waals surface area (Å²) in [5.41, 5.74) is 0.680. The van der Waals surface area contributed by atoms with Crippen molar-refractivity contribution >= 4 is 22.2 Å². The number of hydrogen-bond donors (Lipinski definition) is 1. The van der Waals surface area contributed by atoms with E-state index in [1.54, 1.807) is 34.4 Å². The molecule has 0 spiro atoms. The summed E-state index contributed by atoms with van der Waals surface area (Å²) in [6.45, 7) is 0. The van der Waals surface area contributed by atoms with Crippen molar-refractivity contribution in [2.75, 3.05) is 0 Å². The number of furan rings is 1. The van der Waals surface area contributed by atoms with Crippen LogP contribution in [0.3, 0.4) is 0 Å². The lowest BCUT2D eigenvalue weighted by molar-refractivity contribution is 0.0932. The van der Waals surface area contributed by atoms with Crippen molar-refractivity contribution in [2.24, 2.45) is 0 Å². The van der Waals surface area contributed by atoms with Gasteiger partial charge < -0.3 is 9.73 Å². The number of carbonyl (C=O) groups excluding carboxylic acids is 1. The lowest BCUT2D eigenvalue weighted by atomic mass is 10.0. The Balaban J connectivity index is 1.74. The maximum absolute atomic E-state index is 12.9. The van der Waals surface area contributed by atoms with Gasteiger partial charge in [0.2, 0.25) is 0 Å². The van der Waals surface area contributed by atoms with E-state index in [4.69, 9.17) is 4.42 Å². The molecule has 3 heterocycles. The molecule has 4 rings (SSSR count). The lowest BCUT2D eigenvalue weighted by Crippen LogP contribution is -2.31. The number of thiazole rings is 1. The van der Waals surface area contributed by atoms with Crippen LogP contribution < -0.4 is 10.9 Å². The molecule has 0 saturated heterocycles. The van der Waals surface area contributed by atoms with Gasteiger partial charge in [-0.05, 0) is 17.7 Å². The molecule has 3 aromatic heterocycles. The molecule has 1 N–H and O–H groups in total. The summed E-state index contributed by atoms with van der Waals surface area (Å²) in [5, 5.41) is 4.72. The van der Waals surface area contributed by atoms with Crippen molar-refractivity contribution in [1.29, 1.82) is 0 Å². The van der Waals surface area contributed by atoms with Crippen LogP contribution in [0.1, 0.15) is 27.9 Å².